The molecule has 0 unspecified atom stereocenters. The van der Waals surface area contributed by atoms with Gasteiger partial charge in [0.2, 0.25) is 0 Å². The van der Waals surface area contributed by atoms with E-state index in [1.165, 1.54) is 0 Å². The normalized spacial score (nSPS) is 12.5. The van der Waals surface area contributed by atoms with Gasteiger partial charge in [-0.25, -0.2) is 0 Å². The molecule has 1 aromatic rings. The lowest BCUT2D eigenvalue weighted by Gasteiger charge is -2.12. The van der Waals surface area contributed by atoms with Crippen LogP contribution in [-0.4, -0.2) is 17.6 Å². The Bertz CT molecular complexity index is 263. The van der Waals surface area contributed by atoms with Crippen molar-refractivity contribution < 1.29 is 9.84 Å². The summed E-state index contributed by atoms with van der Waals surface area (Å²) in [4.78, 5) is 0. The highest BCUT2D eigenvalue weighted by Crippen LogP contribution is 2.25. The third kappa shape index (κ3) is 2.61. The van der Waals surface area contributed by atoms with E-state index >= 15 is 0 Å². The molecule has 0 aliphatic heterocycles. The van der Waals surface area contributed by atoms with Gasteiger partial charge < -0.3 is 9.84 Å². The van der Waals surface area contributed by atoms with Crippen LogP contribution in [0.2, 0.25) is 0 Å². The number of rotatable bonds is 4. The number of para-hydroxylation sites is 1. The average molecular weight is 201 g/mol. The van der Waals surface area contributed by atoms with Crippen molar-refractivity contribution in [3.63, 3.8) is 0 Å². The molecule has 2 nitrogen and oxygen atoms in total. The predicted molar refractivity (Wildman–Crippen MR) is 53.3 cm³/mol. The second kappa shape index (κ2) is 5.10. The topological polar surface area (TPSA) is 29.5 Å². The van der Waals surface area contributed by atoms with Gasteiger partial charge in [-0.3, -0.25) is 0 Å². The van der Waals surface area contributed by atoms with Crippen LogP contribution < -0.4 is 4.74 Å². The van der Waals surface area contributed by atoms with Crippen LogP contribution in [-0.2, 0) is 0 Å². The van der Waals surface area contributed by atoms with Crippen molar-refractivity contribution in [3.05, 3.63) is 29.8 Å². The Hall–Kier alpha value is -0.730. The molecule has 72 valence electrons. The van der Waals surface area contributed by atoms with Crippen LogP contribution in [0.15, 0.2) is 24.3 Å². The molecule has 3 heteroatoms. The summed E-state index contributed by atoms with van der Waals surface area (Å²) in [5.74, 6) is 0.891. The van der Waals surface area contributed by atoms with Crippen LogP contribution >= 0.6 is 11.6 Å². The summed E-state index contributed by atoms with van der Waals surface area (Å²) in [5.41, 5.74) is 0.749. The van der Waals surface area contributed by atoms with E-state index in [-0.39, 0.29) is 5.88 Å². The van der Waals surface area contributed by atoms with E-state index in [1.54, 1.807) is 0 Å². The van der Waals surface area contributed by atoms with E-state index in [1.807, 2.05) is 31.2 Å². The van der Waals surface area contributed by atoms with Gasteiger partial charge in [-0.2, -0.15) is 0 Å². The second-order valence-electron chi connectivity index (χ2n) is 2.64. The van der Waals surface area contributed by atoms with Crippen LogP contribution in [0.5, 0.6) is 5.75 Å². The van der Waals surface area contributed by atoms with Crippen LogP contribution in [0.1, 0.15) is 18.6 Å². The summed E-state index contributed by atoms with van der Waals surface area (Å²) in [6.45, 7) is 2.50. The molecular weight excluding hydrogens is 188 g/mol. The van der Waals surface area contributed by atoms with Crippen molar-refractivity contribution in [1.29, 1.82) is 0 Å². The minimum absolute atomic E-state index is 0.185. The van der Waals surface area contributed by atoms with Crippen molar-refractivity contribution in [2.45, 2.75) is 13.0 Å². The monoisotopic (exact) mass is 200 g/mol. The maximum atomic E-state index is 9.52. The maximum Gasteiger partial charge on any atom is 0.125 e. The van der Waals surface area contributed by atoms with E-state index in [2.05, 4.69) is 0 Å². The Morgan fingerprint density at radius 2 is 2.15 bits per heavy atom. The van der Waals surface area contributed by atoms with Crippen LogP contribution in [0.25, 0.3) is 0 Å². The first-order valence-corrected chi connectivity index (χ1v) is 4.78. The van der Waals surface area contributed by atoms with E-state index < -0.39 is 6.10 Å². The Morgan fingerprint density at radius 1 is 1.46 bits per heavy atom. The Kier molecular flexibility index (Phi) is 4.06. The van der Waals surface area contributed by atoms with Crippen molar-refractivity contribution in [2.24, 2.45) is 0 Å². The molecule has 0 fully saturated rings. The first-order valence-electron chi connectivity index (χ1n) is 4.25. The molecule has 0 bridgehead atoms. The lowest BCUT2D eigenvalue weighted by atomic mass is 10.1. The maximum absolute atomic E-state index is 9.52. The van der Waals surface area contributed by atoms with E-state index in [4.69, 9.17) is 16.3 Å². The summed E-state index contributed by atoms with van der Waals surface area (Å²) >= 11 is 5.55. The standard InChI is InChI=1S/C10H13ClO2/c1-2-13-10-6-4-3-5-8(10)9(12)7-11/h3-6,9,12H,2,7H2,1H3/t9-/m0/s1. The number of benzene rings is 1. The fraction of sp³-hybridized carbons (Fsp3) is 0.400. The quantitative estimate of drug-likeness (QED) is 0.757. The lowest BCUT2D eigenvalue weighted by molar-refractivity contribution is 0.195. The van der Waals surface area contributed by atoms with Crippen LogP contribution in [0, 0.1) is 0 Å². The molecule has 0 saturated heterocycles. The summed E-state index contributed by atoms with van der Waals surface area (Å²) in [6.07, 6.45) is -0.649. The lowest BCUT2D eigenvalue weighted by Crippen LogP contribution is -2.03. The molecule has 1 N–H and O–H groups in total. The highest BCUT2D eigenvalue weighted by atomic mass is 35.5. The zero-order valence-electron chi connectivity index (χ0n) is 7.53. The van der Waals surface area contributed by atoms with Gasteiger partial charge in [0, 0.05) is 5.56 Å². The number of ether oxygens (including phenoxy) is 1. The molecule has 0 aromatic heterocycles. The zero-order valence-corrected chi connectivity index (χ0v) is 8.29. The highest BCUT2D eigenvalue weighted by Gasteiger charge is 2.10. The van der Waals surface area contributed by atoms with E-state index in [0.29, 0.717) is 12.4 Å². The van der Waals surface area contributed by atoms with Gasteiger partial charge in [0.15, 0.2) is 0 Å². The molecular formula is C10H13ClO2. The average Bonchev–Trinajstić information content (AvgIpc) is 2.18. The number of halogens is 1. The van der Waals surface area contributed by atoms with Crippen LogP contribution in [0.4, 0.5) is 0 Å². The smallest absolute Gasteiger partial charge is 0.125 e. The molecule has 0 saturated carbocycles. The molecule has 0 aliphatic rings. The first kappa shape index (κ1) is 10.4. The van der Waals surface area contributed by atoms with Crippen molar-refractivity contribution in [1.82, 2.24) is 0 Å². The zero-order chi connectivity index (χ0) is 9.68. The number of hydrogen-bond acceptors (Lipinski definition) is 2. The molecule has 1 atom stereocenters. The molecule has 0 radical (unpaired) electrons. The molecule has 0 amide bonds. The van der Waals surface area contributed by atoms with Gasteiger partial charge in [-0.05, 0) is 13.0 Å². The molecule has 13 heavy (non-hydrogen) atoms. The molecule has 0 heterocycles. The minimum atomic E-state index is -0.649. The first-order chi connectivity index (χ1) is 6.29. The number of aliphatic hydroxyl groups is 1. The van der Waals surface area contributed by atoms with Gasteiger partial charge in [0.1, 0.15) is 5.75 Å². The summed E-state index contributed by atoms with van der Waals surface area (Å²) in [5, 5.41) is 9.52. The number of hydrogen-bond donors (Lipinski definition) is 1. The Balaban J connectivity index is 2.90. The minimum Gasteiger partial charge on any atom is -0.493 e. The largest absolute Gasteiger partial charge is 0.493 e. The molecule has 0 aliphatic carbocycles. The fourth-order valence-electron chi connectivity index (χ4n) is 1.13. The van der Waals surface area contributed by atoms with E-state index in [0.717, 1.165) is 5.56 Å². The summed E-state index contributed by atoms with van der Waals surface area (Å²) < 4.78 is 5.34. The van der Waals surface area contributed by atoms with Crippen LogP contribution in [0.3, 0.4) is 0 Å². The Labute approximate surface area is 83.1 Å². The highest BCUT2D eigenvalue weighted by molar-refractivity contribution is 6.18. The van der Waals surface area contributed by atoms with Gasteiger partial charge in [0.05, 0.1) is 18.6 Å². The molecule has 1 aromatic carbocycles. The number of aliphatic hydroxyl groups excluding tert-OH is 1. The van der Waals surface area contributed by atoms with Crippen molar-refractivity contribution in [2.75, 3.05) is 12.5 Å². The fourth-order valence-corrected chi connectivity index (χ4v) is 1.29. The second-order valence-corrected chi connectivity index (χ2v) is 2.95. The predicted octanol–water partition coefficient (Wildman–Crippen LogP) is 2.36. The van der Waals surface area contributed by atoms with Gasteiger partial charge in [-0.1, -0.05) is 18.2 Å². The van der Waals surface area contributed by atoms with Gasteiger partial charge >= 0.3 is 0 Å². The molecule has 0 spiro atoms. The Morgan fingerprint density at radius 3 is 2.77 bits per heavy atom. The van der Waals surface area contributed by atoms with Gasteiger partial charge in [0.25, 0.3) is 0 Å². The van der Waals surface area contributed by atoms with Crippen molar-refractivity contribution in [3.8, 4) is 5.75 Å². The molecule has 1 rings (SSSR count). The third-order valence-electron chi connectivity index (χ3n) is 1.72. The van der Waals surface area contributed by atoms with E-state index in [9.17, 15) is 5.11 Å². The van der Waals surface area contributed by atoms with Gasteiger partial charge in [-0.15, -0.1) is 11.6 Å². The third-order valence-corrected chi connectivity index (χ3v) is 2.02. The summed E-state index contributed by atoms with van der Waals surface area (Å²) in [6, 6.07) is 7.37. The SMILES string of the molecule is CCOc1ccccc1[C@@H](O)CCl. The number of alkyl halides is 1. The summed E-state index contributed by atoms with van der Waals surface area (Å²) in [7, 11) is 0. The van der Waals surface area contributed by atoms with Crippen molar-refractivity contribution >= 4 is 11.6 Å².